The van der Waals surface area contributed by atoms with Gasteiger partial charge in [0.1, 0.15) is 0 Å². The van der Waals surface area contributed by atoms with Gasteiger partial charge in [0.2, 0.25) is 0 Å². The fourth-order valence-electron chi connectivity index (χ4n) is 6.85. The number of rotatable bonds is 4. The van der Waals surface area contributed by atoms with E-state index >= 15 is 0 Å². The Bertz CT molecular complexity index is 561. The molecule has 0 aromatic heterocycles. The van der Waals surface area contributed by atoms with Gasteiger partial charge in [0, 0.05) is 0 Å². The Morgan fingerprint density at radius 2 is 1.85 bits per heavy atom. The molecular weight excluding hydrogens is 312 g/mol. The Morgan fingerprint density at radius 1 is 1.15 bits per heavy atom. The van der Waals surface area contributed by atoms with Crippen LogP contribution in [0.15, 0.2) is 35.5 Å². The lowest BCUT2D eigenvalue weighted by Gasteiger charge is -2.44. The highest BCUT2D eigenvalue weighted by Crippen LogP contribution is 2.59. The first-order valence-electron chi connectivity index (χ1n) is 11.4. The van der Waals surface area contributed by atoms with E-state index in [9.17, 15) is 0 Å². The third-order valence-electron chi connectivity index (χ3n) is 8.40. The van der Waals surface area contributed by atoms with E-state index in [-0.39, 0.29) is 0 Å². The summed E-state index contributed by atoms with van der Waals surface area (Å²) in [5.74, 6) is 4.02. The van der Waals surface area contributed by atoms with Crippen LogP contribution in [0.25, 0.3) is 0 Å². The standard InChI is InChI=1S/C26H42/c1-7-9-18(2)24-13-14-25-23(10-8-15-26(24,25)6)12-11-22-16-19(3)21(5)20(4)17-22/h11-12,18-20,24-25H,5,7-10,13-17H2,1-4,6H3/b22-11?,23-12+/t18?,19-,20?,24?,25?,26?/m1/s1. The predicted octanol–water partition coefficient (Wildman–Crippen LogP) is 8.11. The molecule has 3 fully saturated rings. The van der Waals surface area contributed by atoms with Crippen LogP contribution in [0.1, 0.15) is 92.4 Å². The average Bonchev–Trinajstić information content (AvgIpc) is 2.95. The zero-order chi connectivity index (χ0) is 18.9. The summed E-state index contributed by atoms with van der Waals surface area (Å²) in [6.45, 7) is 16.5. The van der Waals surface area contributed by atoms with Gasteiger partial charge in [0.15, 0.2) is 0 Å². The summed E-state index contributed by atoms with van der Waals surface area (Å²) in [6.07, 6.45) is 17.4. The Kier molecular flexibility index (Phi) is 6.20. The van der Waals surface area contributed by atoms with E-state index in [1.165, 1.54) is 63.4 Å². The quantitative estimate of drug-likeness (QED) is 0.447. The van der Waals surface area contributed by atoms with Gasteiger partial charge < -0.3 is 0 Å². The van der Waals surface area contributed by atoms with Crippen molar-refractivity contribution in [3.05, 3.63) is 35.5 Å². The summed E-state index contributed by atoms with van der Waals surface area (Å²) in [5, 5.41) is 0. The van der Waals surface area contributed by atoms with Crippen molar-refractivity contribution < 1.29 is 0 Å². The molecule has 0 spiro atoms. The predicted molar refractivity (Wildman–Crippen MR) is 115 cm³/mol. The maximum Gasteiger partial charge on any atom is -0.0143 e. The van der Waals surface area contributed by atoms with Crippen molar-refractivity contribution in [2.24, 2.45) is 35.0 Å². The maximum absolute atomic E-state index is 4.31. The van der Waals surface area contributed by atoms with Crippen LogP contribution in [0, 0.1) is 35.0 Å². The van der Waals surface area contributed by atoms with E-state index in [4.69, 9.17) is 0 Å². The zero-order valence-corrected chi connectivity index (χ0v) is 18.1. The molecule has 0 aromatic carbocycles. The molecule has 0 nitrogen and oxygen atoms in total. The molecule has 6 atom stereocenters. The molecule has 0 heterocycles. The number of fused-ring (bicyclic) bond motifs is 1. The summed E-state index contributed by atoms with van der Waals surface area (Å²) < 4.78 is 0. The molecule has 0 aromatic rings. The van der Waals surface area contributed by atoms with E-state index < -0.39 is 0 Å². The second-order valence-electron chi connectivity index (χ2n) is 10.2. The Balaban J connectivity index is 1.76. The number of hydrogen-bond acceptors (Lipinski definition) is 0. The molecule has 0 saturated heterocycles. The fourth-order valence-corrected chi connectivity index (χ4v) is 6.85. The highest BCUT2D eigenvalue weighted by molar-refractivity contribution is 5.28. The largest absolute Gasteiger partial charge is 0.0993 e. The lowest BCUT2D eigenvalue weighted by atomic mass is 9.60. The second-order valence-corrected chi connectivity index (χ2v) is 10.2. The van der Waals surface area contributed by atoms with Gasteiger partial charge in [0.25, 0.3) is 0 Å². The smallest absolute Gasteiger partial charge is 0.0143 e. The Hall–Kier alpha value is -0.780. The van der Waals surface area contributed by atoms with Crippen molar-refractivity contribution >= 4 is 0 Å². The third-order valence-corrected chi connectivity index (χ3v) is 8.40. The van der Waals surface area contributed by atoms with Crippen LogP contribution in [0.2, 0.25) is 0 Å². The van der Waals surface area contributed by atoms with Crippen molar-refractivity contribution in [2.45, 2.75) is 92.4 Å². The molecule has 0 N–H and O–H groups in total. The van der Waals surface area contributed by atoms with E-state index in [1.807, 2.05) is 0 Å². The minimum Gasteiger partial charge on any atom is -0.0993 e. The molecule has 5 unspecified atom stereocenters. The van der Waals surface area contributed by atoms with Crippen molar-refractivity contribution in [1.82, 2.24) is 0 Å². The van der Waals surface area contributed by atoms with E-state index in [0.717, 1.165) is 17.8 Å². The summed E-state index contributed by atoms with van der Waals surface area (Å²) in [5.41, 5.74) is 5.47. The van der Waals surface area contributed by atoms with Gasteiger partial charge in [-0.05, 0) is 80.0 Å². The van der Waals surface area contributed by atoms with Crippen LogP contribution in [-0.4, -0.2) is 0 Å². The molecular formula is C26H42. The van der Waals surface area contributed by atoms with Crippen LogP contribution in [0.4, 0.5) is 0 Å². The van der Waals surface area contributed by atoms with Gasteiger partial charge in [-0.25, -0.2) is 0 Å². The zero-order valence-electron chi connectivity index (χ0n) is 18.1. The number of hydrogen-bond donors (Lipinski definition) is 0. The normalized spacial score (nSPS) is 42.3. The molecule has 3 saturated carbocycles. The molecule has 146 valence electrons. The number of allylic oxidation sites excluding steroid dienone is 5. The summed E-state index contributed by atoms with van der Waals surface area (Å²) >= 11 is 0. The minimum atomic E-state index is 0.568. The highest BCUT2D eigenvalue weighted by atomic mass is 14.5. The molecule has 3 aliphatic carbocycles. The van der Waals surface area contributed by atoms with Gasteiger partial charge in [-0.3, -0.25) is 0 Å². The minimum absolute atomic E-state index is 0.568. The topological polar surface area (TPSA) is 0 Å². The SMILES string of the molecule is C=C1C(C)CC(=C/C=C2\CCCC3(C)C2CCC3C(C)CCC)C[C@H]1C. The maximum atomic E-state index is 4.31. The Labute approximate surface area is 163 Å². The van der Waals surface area contributed by atoms with Crippen LogP contribution >= 0.6 is 0 Å². The van der Waals surface area contributed by atoms with E-state index in [1.54, 1.807) is 11.1 Å². The van der Waals surface area contributed by atoms with Crippen molar-refractivity contribution in [1.29, 1.82) is 0 Å². The van der Waals surface area contributed by atoms with Gasteiger partial charge >= 0.3 is 0 Å². The first-order chi connectivity index (χ1) is 12.4. The van der Waals surface area contributed by atoms with E-state index in [2.05, 4.69) is 53.3 Å². The van der Waals surface area contributed by atoms with Crippen LogP contribution in [0.3, 0.4) is 0 Å². The summed E-state index contributed by atoms with van der Waals surface area (Å²) in [4.78, 5) is 0. The van der Waals surface area contributed by atoms with Crippen molar-refractivity contribution in [2.75, 3.05) is 0 Å². The summed E-state index contributed by atoms with van der Waals surface area (Å²) in [6, 6.07) is 0. The molecule has 0 heteroatoms. The third kappa shape index (κ3) is 3.76. The van der Waals surface area contributed by atoms with E-state index in [0.29, 0.717) is 17.3 Å². The second kappa shape index (κ2) is 8.07. The highest BCUT2D eigenvalue weighted by Gasteiger charge is 2.50. The van der Waals surface area contributed by atoms with Crippen molar-refractivity contribution in [3.63, 3.8) is 0 Å². The van der Waals surface area contributed by atoms with Crippen LogP contribution in [-0.2, 0) is 0 Å². The first-order valence-corrected chi connectivity index (χ1v) is 11.4. The molecule has 0 radical (unpaired) electrons. The molecule has 0 bridgehead atoms. The molecule has 3 rings (SSSR count). The van der Waals surface area contributed by atoms with Gasteiger partial charge in [-0.1, -0.05) is 82.9 Å². The summed E-state index contributed by atoms with van der Waals surface area (Å²) in [7, 11) is 0. The van der Waals surface area contributed by atoms with Gasteiger partial charge in [-0.15, -0.1) is 0 Å². The van der Waals surface area contributed by atoms with Gasteiger partial charge in [0.05, 0.1) is 0 Å². The van der Waals surface area contributed by atoms with Crippen LogP contribution < -0.4 is 0 Å². The lowest BCUT2D eigenvalue weighted by Crippen LogP contribution is -2.35. The van der Waals surface area contributed by atoms with Crippen LogP contribution in [0.5, 0.6) is 0 Å². The molecule has 0 aliphatic heterocycles. The molecule has 0 amide bonds. The molecule has 3 aliphatic rings. The van der Waals surface area contributed by atoms with Gasteiger partial charge in [-0.2, -0.15) is 0 Å². The molecule has 26 heavy (non-hydrogen) atoms. The monoisotopic (exact) mass is 354 g/mol. The average molecular weight is 355 g/mol. The van der Waals surface area contributed by atoms with Crippen molar-refractivity contribution in [3.8, 4) is 0 Å². The first kappa shape index (κ1) is 20.0. The lowest BCUT2D eigenvalue weighted by molar-refractivity contribution is 0.0940. The fraction of sp³-hybridized carbons (Fsp3) is 0.769. The Morgan fingerprint density at radius 3 is 2.50 bits per heavy atom.